The van der Waals surface area contributed by atoms with Gasteiger partial charge in [0.25, 0.3) is 0 Å². The lowest BCUT2D eigenvalue weighted by Gasteiger charge is -2.22. The van der Waals surface area contributed by atoms with Crippen LogP contribution in [0.2, 0.25) is 0 Å². The maximum Gasteiger partial charge on any atom is 0.321 e. The number of amides is 2. The Morgan fingerprint density at radius 1 is 0.808 bits per heavy atom. The Balaban J connectivity index is 1.90. The third-order valence-corrected chi connectivity index (χ3v) is 3.67. The number of para-hydroxylation sites is 1. The summed E-state index contributed by atoms with van der Waals surface area (Å²) in [6.07, 6.45) is 0. The zero-order chi connectivity index (χ0) is 18.5. The molecule has 0 fully saturated rings. The van der Waals surface area contributed by atoms with Crippen molar-refractivity contribution in [3.05, 3.63) is 84.7 Å². The topological polar surface area (TPSA) is 75.4 Å². The SMILES string of the molecule is Nc1ccc(N(C(=O)C(=O)Nc2ccc(F)cc2)c2ccccc2)cc1. The van der Waals surface area contributed by atoms with Gasteiger partial charge >= 0.3 is 11.8 Å². The van der Waals surface area contributed by atoms with Crippen molar-refractivity contribution in [3.63, 3.8) is 0 Å². The van der Waals surface area contributed by atoms with Crippen molar-refractivity contribution < 1.29 is 14.0 Å². The highest BCUT2D eigenvalue weighted by molar-refractivity contribution is 6.45. The van der Waals surface area contributed by atoms with Crippen LogP contribution in [0.15, 0.2) is 78.9 Å². The molecule has 0 aliphatic heterocycles. The summed E-state index contributed by atoms with van der Waals surface area (Å²) in [5.74, 6) is -2.04. The van der Waals surface area contributed by atoms with Crippen LogP contribution >= 0.6 is 0 Å². The second-order valence-corrected chi connectivity index (χ2v) is 5.53. The quantitative estimate of drug-likeness (QED) is 0.559. The molecule has 2 amide bonds. The normalized spacial score (nSPS) is 10.2. The van der Waals surface area contributed by atoms with E-state index < -0.39 is 17.6 Å². The summed E-state index contributed by atoms with van der Waals surface area (Å²) in [4.78, 5) is 26.5. The van der Waals surface area contributed by atoms with E-state index in [2.05, 4.69) is 5.32 Å². The fourth-order valence-corrected chi connectivity index (χ4v) is 2.40. The summed E-state index contributed by atoms with van der Waals surface area (Å²) in [5, 5.41) is 2.48. The van der Waals surface area contributed by atoms with E-state index in [0.717, 1.165) is 0 Å². The van der Waals surface area contributed by atoms with E-state index in [0.29, 0.717) is 22.7 Å². The van der Waals surface area contributed by atoms with Gasteiger partial charge in [-0.1, -0.05) is 18.2 Å². The number of nitrogen functional groups attached to an aromatic ring is 1. The lowest BCUT2D eigenvalue weighted by Crippen LogP contribution is -2.36. The molecule has 0 aliphatic rings. The number of nitrogens with one attached hydrogen (secondary N) is 1. The lowest BCUT2D eigenvalue weighted by atomic mass is 10.2. The molecule has 0 atom stereocenters. The summed E-state index contributed by atoms with van der Waals surface area (Å²) in [5.41, 5.74) is 7.62. The van der Waals surface area contributed by atoms with Crippen molar-refractivity contribution in [1.82, 2.24) is 0 Å². The zero-order valence-electron chi connectivity index (χ0n) is 13.7. The van der Waals surface area contributed by atoms with Crippen molar-refractivity contribution in [2.45, 2.75) is 0 Å². The zero-order valence-corrected chi connectivity index (χ0v) is 13.7. The number of anilines is 4. The van der Waals surface area contributed by atoms with Crippen LogP contribution in [0.5, 0.6) is 0 Å². The predicted octanol–water partition coefficient (Wildman–Crippen LogP) is 3.71. The van der Waals surface area contributed by atoms with E-state index in [9.17, 15) is 14.0 Å². The Kier molecular flexibility index (Phi) is 4.94. The van der Waals surface area contributed by atoms with Crippen molar-refractivity contribution >= 4 is 34.6 Å². The third-order valence-electron chi connectivity index (χ3n) is 3.67. The molecule has 0 radical (unpaired) electrons. The minimum Gasteiger partial charge on any atom is -0.399 e. The van der Waals surface area contributed by atoms with Crippen molar-refractivity contribution in [2.24, 2.45) is 0 Å². The molecule has 0 saturated carbocycles. The number of nitrogens with zero attached hydrogens (tertiary/aromatic N) is 1. The minimum atomic E-state index is -0.836. The van der Waals surface area contributed by atoms with Gasteiger partial charge in [-0.15, -0.1) is 0 Å². The molecule has 0 bridgehead atoms. The highest BCUT2D eigenvalue weighted by Gasteiger charge is 2.25. The van der Waals surface area contributed by atoms with Crippen LogP contribution in [0.1, 0.15) is 0 Å². The molecule has 3 rings (SSSR count). The number of hydrogen-bond donors (Lipinski definition) is 2. The van der Waals surface area contributed by atoms with Gasteiger partial charge in [0, 0.05) is 22.7 Å². The van der Waals surface area contributed by atoms with Crippen LogP contribution in [0.25, 0.3) is 0 Å². The van der Waals surface area contributed by atoms with Crippen molar-refractivity contribution in [3.8, 4) is 0 Å². The maximum absolute atomic E-state index is 13.0. The van der Waals surface area contributed by atoms with Gasteiger partial charge in [0.1, 0.15) is 5.82 Å². The average Bonchev–Trinajstić information content (AvgIpc) is 2.66. The van der Waals surface area contributed by atoms with Crippen LogP contribution in [-0.4, -0.2) is 11.8 Å². The van der Waals surface area contributed by atoms with E-state index in [-0.39, 0.29) is 0 Å². The minimum absolute atomic E-state index is 0.329. The second kappa shape index (κ2) is 7.48. The Morgan fingerprint density at radius 3 is 2.00 bits per heavy atom. The number of carbonyl (C=O) groups is 2. The summed E-state index contributed by atoms with van der Waals surface area (Å²) in [6.45, 7) is 0. The van der Waals surface area contributed by atoms with E-state index in [1.54, 1.807) is 48.5 Å². The maximum atomic E-state index is 13.0. The van der Waals surface area contributed by atoms with Gasteiger partial charge in [0.2, 0.25) is 0 Å². The molecule has 0 aliphatic carbocycles. The van der Waals surface area contributed by atoms with Crippen LogP contribution in [0.4, 0.5) is 27.1 Å². The van der Waals surface area contributed by atoms with Crippen LogP contribution in [0, 0.1) is 5.82 Å². The van der Waals surface area contributed by atoms with Crippen molar-refractivity contribution in [2.75, 3.05) is 16.0 Å². The largest absolute Gasteiger partial charge is 0.399 e. The molecule has 0 aromatic heterocycles. The lowest BCUT2D eigenvalue weighted by molar-refractivity contribution is -0.134. The molecular formula is C20H16FN3O2. The number of benzene rings is 3. The number of hydrogen-bond acceptors (Lipinski definition) is 3. The third kappa shape index (κ3) is 3.87. The molecule has 130 valence electrons. The van der Waals surface area contributed by atoms with Gasteiger partial charge in [0.15, 0.2) is 0 Å². The molecule has 0 heterocycles. The summed E-state index contributed by atoms with van der Waals surface area (Å²) < 4.78 is 13.0. The molecule has 3 N–H and O–H groups in total. The molecule has 0 spiro atoms. The molecule has 0 saturated heterocycles. The van der Waals surface area contributed by atoms with Gasteiger partial charge in [0.05, 0.1) is 0 Å². The first-order valence-electron chi connectivity index (χ1n) is 7.86. The first-order chi connectivity index (χ1) is 12.5. The van der Waals surface area contributed by atoms with Gasteiger partial charge in [-0.25, -0.2) is 4.39 Å². The smallest absolute Gasteiger partial charge is 0.321 e. The number of nitrogens with two attached hydrogens (primary N) is 1. The van der Waals surface area contributed by atoms with Crippen LogP contribution < -0.4 is 16.0 Å². The van der Waals surface area contributed by atoms with Gasteiger partial charge in [-0.05, 0) is 60.7 Å². The molecule has 5 nitrogen and oxygen atoms in total. The summed E-state index contributed by atoms with van der Waals surface area (Å²) >= 11 is 0. The molecule has 3 aromatic carbocycles. The highest BCUT2D eigenvalue weighted by Crippen LogP contribution is 2.26. The van der Waals surface area contributed by atoms with E-state index in [4.69, 9.17) is 5.73 Å². The van der Waals surface area contributed by atoms with Gasteiger partial charge < -0.3 is 11.1 Å². The van der Waals surface area contributed by atoms with Crippen LogP contribution in [-0.2, 0) is 9.59 Å². The molecule has 26 heavy (non-hydrogen) atoms. The van der Waals surface area contributed by atoms with E-state index in [1.807, 2.05) is 6.07 Å². The Morgan fingerprint density at radius 2 is 1.38 bits per heavy atom. The monoisotopic (exact) mass is 349 g/mol. The Bertz CT molecular complexity index is 910. The van der Waals surface area contributed by atoms with Gasteiger partial charge in [-0.3, -0.25) is 14.5 Å². The first kappa shape index (κ1) is 17.2. The first-order valence-corrected chi connectivity index (χ1v) is 7.86. The number of carbonyl (C=O) groups excluding carboxylic acids is 2. The summed E-state index contributed by atoms with van der Waals surface area (Å²) in [7, 11) is 0. The van der Waals surface area contributed by atoms with Crippen molar-refractivity contribution in [1.29, 1.82) is 0 Å². The second-order valence-electron chi connectivity index (χ2n) is 5.53. The molecule has 6 heteroatoms. The number of rotatable bonds is 3. The average molecular weight is 349 g/mol. The predicted molar refractivity (Wildman–Crippen MR) is 99.5 cm³/mol. The Labute approximate surface area is 149 Å². The van der Waals surface area contributed by atoms with E-state index >= 15 is 0 Å². The standard InChI is InChI=1S/C20H16FN3O2/c21-14-6-10-16(11-7-14)23-19(25)20(26)24(17-4-2-1-3-5-17)18-12-8-15(22)9-13-18/h1-13H,22H2,(H,23,25). The molecule has 0 unspecified atom stereocenters. The number of halogens is 1. The summed E-state index contributed by atoms with van der Waals surface area (Å²) in [6, 6.07) is 20.6. The van der Waals surface area contributed by atoms with Gasteiger partial charge in [-0.2, -0.15) is 0 Å². The fourth-order valence-electron chi connectivity index (χ4n) is 2.40. The highest BCUT2D eigenvalue weighted by atomic mass is 19.1. The van der Waals surface area contributed by atoms with Crippen LogP contribution in [0.3, 0.4) is 0 Å². The van der Waals surface area contributed by atoms with E-state index in [1.165, 1.54) is 29.2 Å². The fraction of sp³-hybridized carbons (Fsp3) is 0. The Hall–Kier alpha value is -3.67. The molecule has 3 aromatic rings. The molecular weight excluding hydrogens is 333 g/mol.